The Hall–Kier alpha value is -0.650. The summed E-state index contributed by atoms with van der Waals surface area (Å²) in [5.74, 6) is 1.52. The smallest absolute Gasteiger partial charge is 0.222 e. The van der Waals surface area contributed by atoms with Crippen molar-refractivity contribution in [3.8, 4) is 0 Å². The fourth-order valence-corrected chi connectivity index (χ4v) is 3.18. The number of nitrogens with zero attached hydrogens (tertiary/aromatic N) is 1. The largest absolute Gasteiger partial charge is 0.380 e. The molecule has 5 heteroatoms. The molecule has 0 spiro atoms. The van der Waals surface area contributed by atoms with E-state index in [9.17, 15) is 4.79 Å². The normalized spacial score (nSPS) is 27.1. The van der Waals surface area contributed by atoms with Crippen molar-refractivity contribution in [2.24, 2.45) is 17.6 Å². The summed E-state index contributed by atoms with van der Waals surface area (Å²) in [6.45, 7) is 10.2. The molecular weight excluding hydrogens is 254 g/mol. The van der Waals surface area contributed by atoms with E-state index in [4.69, 9.17) is 10.5 Å². The Morgan fingerprint density at radius 3 is 2.50 bits per heavy atom. The number of hydrogen-bond donors (Lipinski definition) is 2. The van der Waals surface area contributed by atoms with E-state index in [0.29, 0.717) is 13.0 Å². The summed E-state index contributed by atoms with van der Waals surface area (Å²) >= 11 is 0. The van der Waals surface area contributed by atoms with Crippen molar-refractivity contribution in [3.05, 3.63) is 0 Å². The average molecular weight is 285 g/mol. The SMILES string of the molecule is COC(CN)CC(=O)NC(C)CN1CC(C)CC(C)C1. The molecule has 0 bridgehead atoms. The van der Waals surface area contributed by atoms with Crippen LogP contribution in [-0.4, -0.2) is 56.2 Å². The van der Waals surface area contributed by atoms with Crippen molar-refractivity contribution >= 4 is 5.91 Å². The van der Waals surface area contributed by atoms with Crippen molar-refractivity contribution < 1.29 is 9.53 Å². The average Bonchev–Trinajstić information content (AvgIpc) is 2.34. The number of carbonyl (C=O) groups is 1. The molecule has 1 amide bonds. The number of nitrogens with two attached hydrogens (primary N) is 1. The Labute approximate surface area is 123 Å². The van der Waals surface area contributed by atoms with Crippen molar-refractivity contribution in [1.82, 2.24) is 10.2 Å². The Bertz CT molecular complexity index is 285. The molecule has 0 aromatic heterocycles. The molecule has 1 heterocycles. The Morgan fingerprint density at radius 1 is 1.40 bits per heavy atom. The summed E-state index contributed by atoms with van der Waals surface area (Å²) < 4.78 is 5.13. The Morgan fingerprint density at radius 2 is 2.00 bits per heavy atom. The highest BCUT2D eigenvalue weighted by Gasteiger charge is 2.23. The summed E-state index contributed by atoms with van der Waals surface area (Å²) in [4.78, 5) is 14.3. The van der Waals surface area contributed by atoms with Gasteiger partial charge in [-0.3, -0.25) is 4.79 Å². The minimum atomic E-state index is -0.183. The molecule has 0 saturated carbocycles. The molecule has 1 saturated heterocycles. The first-order valence-corrected chi connectivity index (χ1v) is 7.69. The van der Waals surface area contributed by atoms with Gasteiger partial charge in [0.05, 0.1) is 12.5 Å². The van der Waals surface area contributed by atoms with Crippen LogP contribution in [-0.2, 0) is 9.53 Å². The zero-order chi connectivity index (χ0) is 15.1. The second kappa shape index (κ2) is 8.60. The molecule has 1 rings (SSSR count). The first-order valence-electron chi connectivity index (χ1n) is 7.69. The number of ether oxygens (including phenoxy) is 1. The predicted molar refractivity (Wildman–Crippen MR) is 81.5 cm³/mol. The highest BCUT2D eigenvalue weighted by atomic mass is 16.5. The van der Waals surface area contributed by atoms with Crippen LogP contribution < -0.4 is 11.1 Å². The molecule has 1 fully saturated rings. The van der Waals surface area contributed by atoms with Crippen LogP contribution in [0.4, 0.5) is 0 Å². The fourth-order valence-electron chi connectivity index (χ4n) is 3.18. The number of methoxy groups -OCH3 is 1. The molecule has 1 aliphatic heterocycles. The van der Waals surface area contributed by atoms with Crippen LogP contribution in [0, 0.1) is 11.8 Å². The summed E-state index contributed by atoms with van der Waals surface area (Å²) in [5, 5.41) is 3.04. The Kier molecular flexibility index (Phi) is 7.48. The maximum atomic E-state index is 11.9. The van der Waals surface area contributed by atoms with Crippen molar-refractivity contribution in [2.45, 2.75) is 45.8 Å². The van der Waals surface area contributed by atoms with Crippen molar-refractivity contribution in [2.75, 3.05) is 33.3 Å². The lowest BCUT2D eigenvalue weighted by molar-refractivity contribution is -0.124. The number of carbonyl (C=O) groups excluding carboxylic acids is 1. The van der Waals surface area contributed by atoms with E-state index in [-0.39, 0.29) is 18.1 Å². The van der Waals surface area contributed by atoms with Gasteiger partial charge in [-0.1, -0.05) is 13.8 Å². The molecule has 5 nitrogen and oxygen atoms in total. The van der Waals surface area contributed by atoms with E-state index in [1.54, 1.807) is 7.11 Å². The van der Waals surface area contributed by atoms with E-state index in [1.807, 2.05) is 0 Å². The van der Waals surface area contributed by atoms with E-state index in [0.717, 1.165) is 31.5 Å². The van der Waals surface area contributed by atoms with Crippen LogP contribution >= 0.6 is 0 Å². The number of hydrogen-bond acceptors (Lipinski definition) is 4. The van der Waals surface area contributed by atoms with E-state index < -0.39 is 0 Å². The van der Waals surface area contributed by atoms with Gasteiger partial charge in [0.2, 0.25) is 5.91 Å². The number of amides is 1. The second-order valence-corrected chi connectivity index (χ2v) is 6.43. The lowest BCUT2D eigenvalue weighted by Gasteiger charge is -2.36. The van der Waals surface area contributed by atoms with Crippen LogP contribution in [0.2, 0.25) is 0 Å². The van der Waals surface area contributed by atoms with Gasteiger partial charge in [0.25, 0.3) is 0 Å². The van der Waals surface area contributed by atoms with E-state index >= 15 is 0 Å². The molecule has 118 valence electrons. The molecule has 1 aliphatic rings. The molecular formula is C15H31N3O2. The van der Waals surface area contributed by atoms with Gasteiger partial charge in [-0.25, -0.2) is 0 Å². The van der Waals surface area contributed by atoms with Crippen LogP contribution in [0.15, 0.2) is 0 Å². The molecule has 0 aromatic rings. The first kappa shape index (κ1) is 17.4. The van der Waals surface area contributed by atoms with E-state index in [2.05, 4.69) is 31.0 Å². The zero-order valence-electron chi connectivity index (χ0n) is 13.4. The molecule has 4 unspecified atom stereocenters. The number of nitrogens with one attached hydrogen (secondary N) is 1. The summed E-state index contributed by atoms with van der Waals surface area (Å²) in [6, 6.07) is 0.162. The third-order valence-electron chi connectivity index (χ3n) is 3.89. The summed E-state index contributed by atoms with van der Waals surface area (Å²) in [6.07, 6.45) is 1.46. The third-order valence-corrected chi connectivity index (χ3v) is 3.89. The molecule has 4 atom stereocenters. The minimum absolute atomic E-state index is 0.0212. The first-order chi connectivity index (χ1) is 9.44. The predicted octanol–water partition coefficient (Wildman–Crippen LogP) is 0.833. The van der Waals surface area contributed by atoms with Gasteiger partial charge in [0.1, 0.15) is 0 Å². The molecule has 0 aliphatic carbocycles. The molecule has 0 aromatic carbocycles. The fraction of sp³-hybridized carbons (Fsp3) is 0.933. The topological polar surface area (TPSA) is 67.6 Å². The highest BCUT2D eigenvalue weighted by Crippen LogP contribution is 2.20. The highest BCUT2D eigenvalue weighted by molar-refractivity contribution is 5.76. The van der Waals surface area contributed by atoms with Crippen LogP contribution in [0.25, 0.3) is 0 Å². The van der Waals surface area contributed by atoms with E-state index in [1.165, 1.54) is 6.42 Å². The standard InChI is InChI=1S/C15H31N3O2/c1-11-5-12(2)9-18(8-11)10-13(3)17-15(19)6-14(7-16)20-4/h11-14H,5-10,16H2,1-4H3,(H,17,19). The quantitative estimate of drug-likeness (QED) is 0.727. The lowest BCUT2D eigenvalue weighted by Crippen LogP contribution is -2.47. The molecule has 3 N–H and O–H groups in total. The van der Waals surface area contributed by atoms with Gasteiger partial charge >= 0.3 is 0 Å². The van der Waals surface area contributed by atoms with Crippen LogP contribution in [0.3, 0.4) is 0 Å². The van der Waals surface area contributed by atoms with Gasteiger partial charge in [-0.15, -0.1) is 0 Å². The lowest BCUT2D eigenvalue weighted by atomic mass is 9.92. The van der Waals surface area contributed by atoms with Gasteiger partial charge in [0, 0.05) is 39.3 Å². The van der Waals surface area contributed by atoms with Gasteiger partial charge in [-0.05, 0) is 25.2 Å². The monoisotopic (exact) mass is 285 g/mol. The maximum absolute atomic E-state index is 11.9. The van der Waals surface area contributed by atoms with Crippen LogP contribution in [0.1, 0.15) is 33.6 Å². The van der Waals surface area contributed by atoms with Crippen LogP contribution in [0.5, 0.6) is 0 Å². The summed E-state index contributed by atoms with van der Waals surface area (Å²) in [7, 11) is 1.59. The minimum Gasteiger partial charge on any atom is -0.380 e. The zero-order valence-corrected chi connectivity index (χ0v) is 13.4. The van der Waals surface area contributed by atoms with Crippen molar-refractivity contribution in [1.29, 1.82) is 0 Å². The molecule has 0 radical (unpaired) electrons. The maximum Gasteiger partial charge on any atom is 0.222 e. The summed E-state index contributed by atoms with van der Waals surface area (Å²) in [5.41, 5.74) is 5.53. The third kappa shape index (κ3) is 6.20. The van der Waals surface area contributed by atoms with Crippen molar-refractivity contribution in [3.63, 3.8) is 0 Å². The number of piperidine rings is 1. The van der Waals surface area contributed by atoms with Gasteiger partial charge < -0.3 is 20.7 Å². The molecule has 20 heavy (non-hydrogen) atoms. The van der Waals surface area contributed by atoms with Gasteiger partial charge in [-0.2, -0.15) is 0 Å². The number of likely N-dealkylation sites (tertiary alicyclic amines) is 1. The van der Waals surface area contributed by atoms with Gasteiger partial charge in [0.15, 0.2) is 0 Å². The Balaban J connectivity index is 2.31. The second-order valence-electron chi connectivity index (χ2n) is 6.43. The number of rotatable bonds is 7.